The number of esters is 1. The normalized spacial score (nSPS) is 20.1. The number of carbonyl (C=O) groups is 2. The second kappa shape index (κ2) is 4.14. The first kappa shape index (κ1) is 10.4. The number of halogens is 1. The highest BCUT2D eigenvalue weighted by Gasteiger charge is 2.30. The lowest BCUT2D eigenvalue weighted by molar-refractivity contribution is -0.137. The van der Waals surface area contributed by atoms with E-state index < -0.39 is 0 Å². The van der Waals surface area contributed by atoms with Crippen molar-refractivity contribution in [3.63, 3.8) is 0 Å². The molecule has 0 amide bonds. The minimum Gasteiger partial charge on any atom is -0.465 e. The van der Waals surface area contributed by atoms with Gasteiger partial charge in [-0.05, 0) is 12.1 Å². The number of rotatable bonds is 2. The Morgan fingerprint density at radius 3 is 2.53 bits per heavy atom. The molecule has 1 atom stereocenters. The zero-order valence-corrected chi connectivity index (χ0v) is 9.49. The van der Waals surface area contributed by atoms with Crippen LogP contribution in [0.3, 0.4) is 0 Å². The van der Waals surface area contributed by atoms with Crippen LogP contribution in [0.4, 0.5) is 0 Å². The van der Waals surface area contributed by atoms with E-state index in [-0.39, 0.29) is 30.7 Å². The third-order valence-corrected chi connectivity index (χ3v) is 2.89. The lowest BCUT2D eigenvalue weighted by Crippen LogP contribution is -2.14. The van der Waals surface area contributed by atoms with Crippen LogP contribution < -0.4 is 0 Å². The molecule has 78 valence electrons. The summed E-state index contributed by atoms with van der Waals surface area (Å²) in [5, 5.41) is 0. The van der Waals surface area contributed by atoms with Crippen LogP contribution >= 0.6 is 15.9 Å². The van der Waals surface area contributed by atoms with Gasteiger partial charge in [-0.2, -0.15) is 0 Å². The maximum Gasteiger partial charge on any atom is 0.306 e. The number of benzene rings is 1. The Morgan fingerprint density at radius 1 is 1.33 bits per heavy atom. The van der Waals surface area contributed by atoms with Crippen molar-refractivity contribution < 1.29 is 14.3 Å². The fourth-order valence-corrected chi connectivity index (χ4v) is 1.80. The molecule has 0 saturated carbocycles. The van der Waals surface area contributed by atoms with Gasteiger partial charge in [0.2, 0.25) is 0 Å². The van der Waals surface area contributed by atoms with Crippen molar-refractivity contribution in [3.05, 3.63) is 34.3 Å². The summed E-state index contributed by atoms with van der Waals surface area (Å²) in [4.78, 5) is 22.7. The van der Waals surface area contributed by atoms with E-state index in [0.717, 1.165) is 4.47 Å². The average molecular weight is 269 g/mol. The van der Waals surface area contributed by atoms with Gasteiger partial charge in [-0.25, -0.2) is 0 Å². The molecule has 0 bridgehead atoms. The number of hydrogen-bond acceptors (Lipinski definition) is 3. The summed E-state index contributed by atoms with van der Waals surface area (Å²) in [5.41, 5.74) is 0.626. The van der Waals surface area contributed by atoms with Crippen LogP contribution in [0.1, 0.15) is 16.8 Å². The molecule has 1 aromatic rings. The quantitative estimate of drug-likeness (QED) is 0.610. The molecule has 0 aliphatic carbocycles. The summed E-state index contributed by atoms with van der Waals surface area (Å²) >= 11 is 3.30. The van der Waals surface area contributed by atoms with Crippen molar-refractivity contribution in [1.29, 1.82) is 0 Å². The van der Waals surface area contributed by atoms with Gasteiger partial charge in [0.1, 0.15) is 6.61 Å². The average Bonchev–Trinajstić information content (AvgIpc) is 2.65. The Morgan fingerprint density at radius 2 is 2.00 bits per heavy atom. The van der Waals surface area contributed by atoms with Crippen molar-refractivity contribution in [2.45, 2.75) is 6.42 Å². The van der Waals surface area contributed by atoms with E-state index in [1.807, 2.05) is 12.1 Å². The van der Waals surface area contributed by atoms with Crippen LogP contribution in [-0.4, -0.2) is 18.4 Å². The molecule has 1 unspecified atom stereocenters. The number of carbonyl (C=O) groups excluding carboxylic acids is 2. The second-order valence-corrected chi connectivity index (χ2v) is 4.37. The van der Waals surface area contributed by atoms with E-state index in [2.05, 4.69) is 15.9 Å². The van der Waals surface area contributed by atoms with Gasteiger partial charge in [0.15, 0.2) is 5.78 Å². The standard InChI is InChI=1S/C11H9BrO3/c12-9-3-1-7(2-4-9)11(14)8-5-10(13)15-6-8/h1-4,8H,5-6H2. The van der Waals surface area contributed by atoms with Gasteiger partial charge in [-0.15, -0.1) is 0 Å². The van der Waals surface area contributed by atoms with E-state index in [1.54, 1.807) is 12.1 Å². The SMILES string of the molecule is O=C1CC(C(=O)c2ccc(Br)cc2)CO1. The molecule has 1 aliphatic rings. The highest BCUT2D eigenvalue weighted by atomic mass is 79.9. The fraction of sp³-hybridized carbons (Fsp3) is 0.273. The number of Topliss-reactive ketones (excluding diaryl/α,β-unsaturated/α-hetero) is 1. The van der Waals surface area contributed by atoms with E-state index in [0.29, 0.717) is 5.56 Å². The highest BCUT2D eigenvalue weighted by Crippen LogP contribution is 2.20. The van der Waals surface area contributed by atoms with Gasteiger partial charge >= 0.3 is 5.97 Å². The zero-order chi connectivity index (χ0) is 10.8. The monoisotopic (exact) mass is 268 g/mol. The molecule has 3 nitrogen and oxygen atoms in total. The summed E-state index contributed by atoms with van der Waals surface area (Å²) in [6.45, 7) is 0.216. The van der Waals surface area contributed by atoms with Crippen LogP contribution in [0.2, 0.25) is 0 Å². The Bertz CT molecular complexity index is 397. The Labute approximate surface area is 95.6 Å². The predicted octanol–water partition coefficient (Wildman–Crippen LogP) is 2.19. The first-order valence-electron chi connectivity index (χ1n) is 4.62. The van der Waals surface area contributed by atoms with Gasteiger partial charge in [0.25, 0.3) is 0 Å². The van der Waals surface area contributed by atoms with Gasteiger partial charge in [0, 0.05) is 10.0 Å². The lowest BCUT2D eigenvalue weighted by atomic mass is 9.97. The third-order valence-electron chi connectivity index (χ3n) is 2.36. The maximum absolute atomic E-state index is 11.9. The number of ketones is 1. The molecule has 0 N–H and O–H groups in total. The molecule has 2 rings (SSSR count). The molecule has 1 aromatic carbocycles. The molecule has 4 heteroatoms. The van der Waals surface area contributed by atoms with E-state index in [1.165, 1.54) is 0 Å². The summed E-state index contributed by atoms with van der Waals surface area (Å²) in [6.07, 6.45) is 0.203. The largest absolute Gasteiger partial charge is 0.465 e. The molecule has 15 heavy (non-hydrogen) atoms. The van der Waals surface area contributed by atoms with Gasteiger partial charge < -0.3 is 4.74 Å². The zero-order valence-electron chi connectivity index (χ0n) is 7.90. The summed E-state index contributed by atoms with van der Waals surface area (Å²) in [7, 11) is 0. The van der Waals surface area contributed by atoms with Crippen molar-refractivity contribution in [2.24, 2.45) is 5.92 Å². The molecule has 0 aromatic heterocycles. The molecule has 1 saturated heterocycles. The van der Waals surface area contributed by atoms with E-state index in [4.69, 9.17) is 4.74 Å². The van der Waals surface area contributed by atoms with Crippen LogP contribution in [0.15, 0.2) is 28.7 Å². The van der Waals surface area contributed by atoms with E-state index in [9.17, 15) is 9.59 Å². The predicted molar refractivity (Wildman–Crippen MR) is 57.5 cm³/mol. The molecule has 1 heterocycles. The van der Waals surface area contributed by atoms with Crippen molar-refractivity contribution in [2.75, 3.05) is 6.61 Å². The Kier molecular flexibility index (Phi) is 2.86. The molecule has 1 aliphatic heterocycles. The first-order valence-corrected chi connectivity index (χ1v) is 5.41. The van der Waals surface area contributed by atoms with Gasteiger partial charge in [-0.1, -0.05) is 28.1 Å². The van der Waals surface area contributed by atoms with E-state index >= 15 is 0 Å². The minimum atomic E-state index is -0.307. The topological polar surface area (TPSA) is 43.4 Å². The number of cyclic esters (lactones) is 1. The number of hydrogen-bond donors (Lipinski definition) is 0. The van der Waals surface area contributed by atoms with Crippen LogP contribution in [0.5, 0.6) is 0 Å². The molecule has 0 spiro atoms. The van der Waals surface area contributed by atoms with Gasteiger partial charge in [-0.3, -0.25) is 9.59 Å². The smallest absolute Gasteiger partial charge is 0.306 e. The molecular formula is C11H9BrO3. The highest BCUT2D eigenvalue weighted by molar-refractivity contribution is 9.10. The summed E-state index contributed by atoms with van der Waals surface area (Å²) in [5.74, 6) is -0.613. The molecular weight excluding hydrogens is 260 g/mol. The van der Waals surface area contributed by atoms with Gasteiger partial charge in [0.05, 0.1) is 12.3 Å². The Balaban J connectivity index is 2.14. The second-order valence-electron chi connectivity index (χ2n) is 3.46. The fourth-order valence-electron chi connectivity index (χ4n) is 1.53. The first-order chi connectivity index (χ1) is 7.16. The minimum absolute atomic E-state index is 0.0200. The molecule has 0 radical (unpaired) electrons. The molecule has 1 fully saturated rings. The Hall–Kier alpha value is -1.16. The summed E-state index contributed by atoms with van der Waals surface area (Å²) < 4.78 is 5.69. The van der Waals surface area contributed by atoms with Crippen molar-refractivity contribution in [1.82, 2.24) is 0 Å². The summed E-state index contributed by atoms with van der Waals surface area (Å²) in [6, 6.07) is 7.11. The third kappa shape index (κ3) is 2.26. The van der Waals surface area contributed by atoms with Crippen molar-refractivity contribution in [3.8, 4) is 0 Å². The maximum atomic E-state index is 11.9. The van der Waals surface area contributed by atoms with Crippen LogP contribution in [0, 0.1) is 5.92 Å². The lowest BCUT2D eigenvalue weighted by Gasteiger charge is -2.04. The van der Waals surface area contributed by atoms with Crippen molar-refractivity contribution >= 4 is 27.7 Å². The number of ether oxygens (including phenoxy) is 1. The van der Waals surface area contributed by atoms with Crippen LogP contribution in [0.25, 0.3) is 0 Å². The van der Waals surface area contributed by atoms with Crippen LogP contribution in [-0.2, 0) is 9.53 Å².